The van der Waals surface area contributed by atoms with Crippen molar-refractivity contribution in [2.75, 3.05) is 0 Å². The quantitative estimate of drug-likeness (QED) is 0.165. The molecule has 5 aromatic carbocycles. The highest BCUT2D eigenvalue weighted by Crippen LogP contribution is 2.31. The van der Waals surface area contributed by atoms with Crippen LogP contribution in [0.25, 0.3) is 0 Å². The molecule has 198 valence electrons. The number of hydrogen-bond donors (Lipinski definition) is 0. The normalized spacial score (nSPS) is 11.3. The molecule has 0 saturated heterocycles. The van der Waals surface area contributed by atoms with Crippen molar-refractivity contribution in [2.24, 2.45) is 9.98 Å². The van der Waals surface area contributed by atoms with Gasteiger partial charge < -0.3 is 9.47 Å². The first-order valence-corrected chi connectivity index (χ1v) is 13.6. The lowest BCUT2D eigenvalue weighted by Gasteiger charge is -2.10. The molecular weight excluding hydrogens is 586 g/mol. The first kappa shape index (κ1) is 27.8. The number of nitrogens with zero attached hydrogens (tertiary/aromatic N) is 2. The molecule has 0 N–H and O–H groups in total. The van der Waals surface area contributed by atoms with Gasteiger partial charge in [-0.25, -0.2) is 0 Å². The van der Waals surface area contributed by atoms with Crippen molar-refractivity contribution in [1.82, 2.24) is 0 Å². The molecule has 5 rings (SSSR count). The Hall–Kier alpha value is -3.80. The number of aliphatic imine (C=N–C) groups is 2. The largest absolute Gasteiger partial charge is 0.457 e. The molecule has 8 heteroatoms. The SMILES string of the molecule is Clc1ccc(C=Nc2cccc(Oc3cccc(Oc4cccc(N=Cc5ccc(Cl)cc5Cl)c4)c3)c2)c(Cl)c1. The van der Waals surface area contributed by atoms with Gasteiger partial charge in [0.15, 0.2) is 0 Å². The van der Waals surface area contributed by atoms with E-state index in [2.05, 4.69) is 9.98 Å². The third-order valence-electron chi connectivity index (χ3n) is 5.54. The van der Waals surface area contributed by atoms with E-state index in [1.165, 1.54) is 0 Å². The second-order valence-corrected chi connectivity index (χ2v) is 10.2. The van der Waals surface area contributed by atoms with E-state index in [-0.39, 0.29) is 0 Å². The van der Waals surface area contributed by atoms with Crippen LogP contribution < -0.4 is 9.47 Å². The molecular formula is C32H20Cl4N2O2. The van der Waals surface area contributed by atoms with Crippen LogP contribution in [-0.2, 0) is 0 Å². The van der Waals surface area contributed by atoms with Crippen molar-refractivity contribution in [3.05, 3.63) is 140 Å². The molecule has 0 bridgehead atoms. The van der Waals surface area contributed by atoms with Gasteiger partial charge in [0.25, 0.3) is 0 Å². The van der Waals surface area contributed by atoms with E-state index in [9.17, 15) is 0 Å². The summed E-state index contributed by atoms with van der Waals surface area (Å²) < 4.78 is 12.2. The molecule has 4 nitrogen and oxygen atoms in total. The van der Waals surface area contributed by atoms with Crippen LogP contribution in [0.15, 0.2) is 119 Å². The molecule has 0 spiro atoms. The minimum Gasteiger partial charge on any atom is -0.457 e. The van der Waals surface area contributed by atoms with E-state index >= 15 is 0 Å². The number of benzene rings is 5. The van der Waals surface area contributed by atoms with Gasteiger partial charge in [0.2, 0.25) is 0 Å². The smallest absolute Gasteiger partial charge is 0.131 e. The lowest BCUT2D eigenvalue weighted by atomic mass is 10.2. The van der Waals surface area contributed by atoms with Crippen molar-refractivity contribution in [3.8, 4) is 23.0 Å². The van der Waals surface area contributed by atoms with E-state index in [4.69, 9.17) is 55.9 Å². The van der Waals surface area contributed by atoms with Crippen molar-refractivity contribution in [1.29, 1.82) is 0 Å². The lowest BCUT2D eigenvalue weighted by molar-refractivity contribution is 0.460. The first-order valence-electron chi connectivity index (χ1n) is 12.1. The Labute approximate surface area is 252 Å². The Balaban J connectivity index is 1.26. The molecule has 0 fully saturated rings. The Morgan fingerprint density at radius 2 is 0.850 bits per heavy atom. The van der Waals surface area contributed by atoms with Crippen LogP contribution in [0, 0.1) is 0 Å². The van der Waals surface area contributed by atoms with Gasteiger partial charge >= 0.3 is 0 Å². The van der Waals surface area contributed by atoms with Crippen LogP contribution in [0.2, 0.25) is 20.1 Å². The van der Waals surface area contributed by atoms with Crippen LogP contribution in [0.3, 0.4) is 0 Å². The molecule has 0 aliphatic heterocycles. The fourth-order valence-electron chi connectivity index (χ4n) is 3.63. The van der Waals surface area contributed by atoms with Crippen molar-refractivity contribution < 1.29 is 9.47 Å². The fourth-order valence-corrected chi connectivity index (χ4v) is 4.54. The zero-order valence-electron chi connectivity index (χ0n) is 20.8. The molecule has 0 unspecified atom stereocenters. The lowest BCUT2D eigenvalue weighted by Crippen LogP contribution is -1.87. The fraction of sp³-hybridized carbons (Fsp3) is 0. The second kappa shape index (κ2) is 13.0. The standard InChI is InChI=1S/C32H20Cl4N2O2/c33-23-12-10-21(31(35)14-23)19-37-25-4-1-6-27(16-25)39-29-8-3-9-30(18-29)40-28-7-2-5-26(17-28)38-20-22-11-13-24(34)15-32(22)36/h1-20H. The summed E-state index contributed by atoms with van der Waals surface area (Å²) in [6.45, 7) is 0. The van der Waals surface area contributed by atoms with Crippen molar-refractivity contribution in [3.63, 3.8) is 0 Å². The predicted molar refractivity (Wildman–Crippen MR) is 167 cm³/mol. The van der Waals surface area contributed by atoms with E-state index < -0.39 is 0 Å². The monoisotopic (exact) mass is 604 g/mol. The third kappa shape index (κ3) is 7.65. The maximum atomic E-state index is 6.24. The molecule has 0 atom stereocenters. The molecule has 0 aliphatic carbocycles. The summed E-state index contributed by atoms with van der Waals surface area (Å²) in [4.78, 5) is 9.02. The Morgan fingerprint density at radius 3 is 1.27 bits per heavy atom. The summed E-state index contributed by atoms with van der Waals surface area (Å²) in [5.41, 5.74) is 2.97. The molecule has 0 aliphatic rings. The zero-order valence-corrected chi connectivity index (χ0v) is 23.8. The van der Waals surface area contributed by atoms with E-state index in [0.29, 0.717) is 54.5 Å². The predicted octanol–water partition coefficient (Wildman–Crippen LogP) is 11.4. The first-order chi connectivity index (χ1) is 19.4. The summed E-state index contributed by atoms with van der Waals surface area (Å²) in [5.74, 6) is 2.49. The summed E-state index contributed by atoms with van der Waals surface area (Å²) in [7, 11) is 0. The van der Waals surface area contributed by atoms with Gasteiger partial charge in [0, 0.05) is 51.8 Å². The average molecular weight is 606 g/mol. The van der Waals surface area contributed by atoms with Crippen LogP contribution in [0.4, 0.5) is 11.4 Å². The van der Waals surface area contributed by atoms with Gasteiger partial charge in [-0.2, -0.15) is 0 Å². The third-order valence-corrected chi connectivity index (χ3v) is 6.67. The number of hydrogen-bond acceptors (Lipinski definition) is 4. The van der Waals surface area contributed by atoms with Gasteiger partial charge in [0.1, 0.15) is 23.0 Å². The van der Waals surface area contributed by atoms with Gasteiger partial charge in [-0.3, -0.25) is 9.98 Å². The van der Waals surface area contributed by atoms with Crippen molar-refractivity contribution >= 4 is 70.2 Å². The van der Waals surface area contributed by atoms with Gasteiger partial charge in [0.05, 0.1) is 21.4 Å². The maximum Gasteiger partial charge on any atom is 0.131 e. The summed E-state index contributed by atoms with van der Waals surface area (Å²) >= 11 is 24.4. The highest BCUT2D eigenvalue weighted by Gasteiger charge is 2.05. The Bertz CT molecular complexity index is 1600. The average Bonchev–Trinajstić information content (AvgIpc) is 2.93. The van der Waals surface area contributed by atoms with Crippen LogP contribution >= 0.6 is 46.4 Å². The molecule has 0 aromatic heterocycles. The van der Waals surface area contributed by atoms with E-state index in [0.717, 1.165) is 11.1 Å². The summed E-state index contributed by atoms with van der Waals surface area (Å²) in [6, 6.07) is 32.8. The highest BCUT2D eigenvalue weighted by molar-refractivity contribution is 6.36. The van der Waals surface area contributed by atoms with E-state index in [1.807, 2.05) is 84.9 Å². The molecule has 0 heterocycles. The number of ether oxygens (including phenoxy) is 2. The number of halogens is 4. The van der Waals surface area contributed by atoms with Crippen LogP contribution in [0.5, 0.6) is 23.0 Å². The summed E-state index contributed by atoms with van der Waals surface area (Å²) in [6.07, 6.45) is 3.38. The topological polar surface area (TPSA) is 43.2 Å². The second-order valence-electron chi connectivity index (χ2n) is 8.52. The molecule has 0 saturated carbocycles. The van der Waals surface area contributed by atoms with Crippen molar-refractivity contribution in [2.45, 2.75) is 0 Å². The van der Waals surface area contributed by atoms with Gasteiger partial charge in [-0.05, 0) is 60.7 Å². The highest BCUT2D eigenvalue weighted by atomic mass is 35.5. The minimum absolute atomic E-state index is 0.531. The van der Waals surface area contributed by atoms with Gasteiger partial charge in [-0.15, -0.1) is 0 Å². The summed E-state index contributed by atoms with van der Waals surface area (Å²) in [5, 5.41) is 2.21. The van der Waals surface area contributed by atoms with Crippen LogP contribution in [-0.4, -0.2) is 12.4 Å². The maximum absolute atomic E-state index is 6.24. The van der Waals surface area contributed by atoms with Gasteiger partial charge in [-0.1, -0.05) is 76.7 Å². The van der Waals surface area contributed by atoms with Crippen LogP contribution in [0.1, 0.15) is 11.1 Å². The minimum atomic E-state index is 0.531. The Morgan fingerprint density at radius 1 is 0.450 bits per heavy atom. The Kier molecular flexibility index (Phi) is 9.04. The molecule has 0 amide bonds. The molecule has 40 heavy (non-hydrogen) atoms. The molecule has 0 radical (unpaired) electrons. The molecule has 5 aromatic rings. The number of rotatable bonds is 8. The van der Waals surface area contributed by atoms with E-state index in [1.54, 1.807) is 36.7 Å². The zero-order chi connectivity index (χ0) is 27.9.